The number of ether oxygens (including phenoxy) is 2. The zero-order chi connectivity index (χ0) is 49.7. The molecule has 0 radical (unpaired) electrons. The van der Waals surface area contributed by atoms with Crippen LogP contribution in [-0.4, -0.2) is 60.5 Å². The van der Waals surface area contributed by atoms with Crippen LogP contribution in [0.5, 0.6) is 0 Å². The molecule has 0 aromatic carbocycles. The second-order valence-electron chi connectivity index (χ2n) is 18.3. The lowest BCUT2D eigenvalue weighted by atomic mass is 10.0. The molecule has 4 N–H and O–H groups in total. The normalized spacial score (nSPS) is 14.2. The second-order valence-corrected chi connectivity index (χ2v) is 19.8. The lowest BCUT2D eigenvalue weighted by molar-refractivity contribution is -0.154. The molecule has 0 bridgehead atoms. The van der Waals surface area contributed by atoms with Crippen LogP contribution in [0, 0.1) is 0 Å². The quantitative estimate of drug-likeness (QED) is 0.0232. The molecular weight excluding hydrogens is 874 g/mol. The number of nitrogens with two attached hydrogens (primary N) is 1. The Morgan fingerprint density at radius 3 is 1.28 bits per heavy atom. The van der Waals surface area contributed by atoms with Crippen LogP contribution in [-0.2, 0) is 32.7 Å². The molecule has 0 saturated heterocycles. The second kappa shape index (κ2) is 52.2. The van der Waals surface area contributed by atoms with Gasteiger partial charge in [0.15, 0.2) is 0 Å². The molecular formula is C57H102NO9P. The summed E-state index contributed by atoms with van der Waals surface area (Å²) in [5, 5.41) is 8.94. The summed E-state index contributed by atoms with van der Waals surface area (Å²) in [4.78, 5) is 33.8. The fraction of sp³-hybridized carbons (Fsp3) is 0.754. The van der Waals surface area contributed by atoms with Crippen molar-refractivity contribution >= 4 is 19.8 Å². The summed E-state index contributed by atoms with van der Waals surface area (Å²) in [5.74, 6) is -1.80. The largest absolute Gasteiger partial charge is 0.480 e. The van der Waals surface area contributed by atoms with Gasteiger partial charge in [-0.25, -0.2) is 4.57 Å². The summed E-state index contributed by atoms with van der Waals surface area (Å²) in [6, 6.07) is -1.48. The van der Waals surface area contributed by atoms with Crippen molar-refractivity contribution in [2.75, 3.05) is 26.4 Å². The van der Waals surface area contributed by atoms with E-state index in [9.17, 15) is 19.0 Å². The lowest BCUT2D eigenvalue weighted by Crippen LogP contribution is -2.34. The number of carboxylic acids is 1. The summed E-state index contributed by atoms with van der Waals surface area (Å²) in [6.45, 7) is 3.77. The number of phosphoric ester groups is 1. The smallest absolute Gasteiger partial charge is 0.472 e. The summed E-state index contributed by atoms with van der Waals surface area (Å²) in [7, 11) is -4.64. The van der Waals surface area contributed by atoms with E-state index in [4.69, 9.17) is 29.4 Å². The number of carbonyl (C=O) groups excluding carboxylic acids is 1. The first-order chi connectivity index (χ1) is 33.2. The van der Waals surface area contributed by atoms with Gasteiger partial charge in [-0.15, -0.1) is 0 Å². The van der Waals surface area contributed by atoms with E-state index < -0.39 is 45.1 Å². The van der Waals surface area contributed by atoms with Crippen LogP contribution < -0.4 is 5.73 Å². The third-order valence-corrected chi connectivity index (χ3v) is 12.7. The maximum atomic E-state index is 12.7. The van der Waals surface area contributed by atoms with Gasteiger partial charge < -0.3 is 25.2 Å². The average molecular weight is 976 g/mol. The Bertz CT molecular complexity index is 1360. The van der Waals surface area contributed by atoms with Gasteiger partial charge in [0.25, 0.3) is 0 Å². The highest BCUT2D eigenvalue weighted by Crippen LogP contribution is 2.43. The minimum Gasteiger partial charge on any atom is -0.480 e. The summed E-state index contributed by atoms with van der Waals surface area (Å²) in [5.41, 5.74) is 5.38. The van der Waals surface area contributed by atoms with Gasteiger partial charge in [-0.05, 0) is 64.2 Å². The van der Waals surface area contributed by atoms with E-state index in [0.717, 1.165) is 83.5 Å². The van der Waals surface area contributed by atoms with Crippen LogP contribution in [0.25, 0.3) is 0 Å². The van der Waals surface area contributed by atoms with Crippen LogP contribution in [0.2, 0.25) is 0 Å². The van der Waals surface area contributed by atoms with Gasteiger partial charge >= 0.3 is 19.8 Å². The summed E-state index contributed by atoms with van der Waals surface area (Å²) in [6.07, 6.45) is 66.8. The Balaban J connectivity index is 4.15. The number of carbonyl (C=O) groups is 2. The zero-order valence-corrected chi connectivity index (χ0v) is 44.3. The first kappa shape index (κ1) is 65.4. The minimum absolute atomic E-state index is 0.00560. The van der Waals surface area contributed by atoms with Gasteiger partial charge in [0.05, 0.1) is 19.8 Å². The van der Waals surface area contributed by atoms with Crippen LogP contribution in [0.15, 0.2) is 72.9 Å². The van der Waals surface area contributed by atoms with Crippen LogP contribution in [0.1, 0.15) is 239 Å². The van der Waals surface area contributed by atoms with Crippen molar-refractivity contribution in [3.05, 3.63) is 72.9 Å². The molecule has 0 spiro atoms. The molecule has 3 atom stereocenters. The zero-order valence-electron chi connectivity index (χ0n) is 43.4. The number of carboxylic acid groups (broad SMARTS) is 1. The molecule has 0 aliphatic carbocycles. The Hall–Kier alpha value is -2.59. The number of aliphatic carboxylic acids is 1. The van der Waals surface area contributed by atoms with E-state index in [1.807, 2.05) is 0 Å². The van der Waals surface area contributed by atoms with Crippen molar-refractivity contribution in [3.63, 3.8) is 0 Å². The highest BCUT2D eigenvalue weighted by atomic mass is 31.2. The van der Waals surface area contributed by atoms with E-state index in [-0.39, 0.29) is 13.0 Å². The number of hydrogen-bond donors (Lipinski definition) is 3. The molecule has 0 aliphatic rings. The molecule has 10 nitrogen and oxygen atoms in total. The third kappa shape index (κ3) is 51.3. The Kier molecular flexibility index (Phi) is 50.2. The molecule has 0 amide bonds. The van der Waals surface area contributed by atoms with Gasteiger partial charge in [0.2, 0.25) is 0 Å². The van der Waals surface area contributed by atoms with Gasteiger partial charge in [-0.2, -0.15) is 0 Å². The number of rotatable bonds is 52. The number of allylic oxidation sites excluding steroid dienone is 12. The van der Waals surface area contributed by atoms with Crippen LogP contribution in [0.4, 0.5) is 0 Å². The Labute approximate surface area is 416 Å². The van der Waals surface area contributed by atoms with Crippen molar-refractivity contribution < 1.29 is 42.7 Å². The molecule has 0 rings (SSSR count). The van der Waals surface area contributed by atoms with Crippen molar-refractivity contribution in [1.82, 2.24) is 0 Å². The van der Waals surface area contributed by atoms with Crippen LogP contribution >= 0.6 is 7.82 Å². The SMILES string of the molecule is CC/C=C\C/C=C\C/C=C\C/C=C\C/C=C\C/C=C\CCCCCCC(=O)OC(COCCCCCCCCCCCCCCCCCCCCCCCCC)COP(=O)(O)OCC(N)C(=O)O. The van der Waals surface area contributed by atoms with Crippen molar-refractivity contribution in [2.24, 2.45) is 5.73 Å². The van der Waals surface area contributed by atoms with Gasteiger partial charge in [-0.1, -0.05) is 241 Å². The monoisotopic (exact) mass is 976 g/mol. The number of hydrogen-bond acceptors (Lipinski definition) is 8. The molecule has 0 aliphatic heterocycles. The molecule has 0 heterocycles. The first-order valence-electron chi connectivity index (χ1n) is 27.5. The van der Waals surface area contributed by atoms with Gasteiger partial charge in [0, 0.05) is 13.0 Å². The topological polar surface area (TPSA) is 155 Å². The molecule has 0 aromatic rings. The number of esters is 1. The fourth-order valence-corrected chi connectivity index (χ4v) is 8.33. The molecule has 0 aromatic heterocycles. The molecule has 3 unspecified atom stereocenters. The first-order valence-corrected chi connectivity index (χ1v) is 29.0. The molecule has 68 heavy (non-hydrogen) atoms. The molecule has 0 fully saturated rings. The van der Waals surface area contributed by atoms with E-state index in [1.54, 1.807) is 0 Å². The number of phosphoric acid groups is 1. The standard InChI is InChI=1S/C57H102NO9P/c1-3-5-7-9-11-13-15-17-19-21-23-25-27-29-31-33-35-37-39-41-43-45-47-49-56(59)67-54(52-65-68(62,63)66-53-55(58)57(60)61)51-64-50-48-46-44-42-40-38-36-34-32-30-28-26-24-22-20-18-16-14-12-10-8-6-4-2/h5,7,11,13,17,19,23,25,29,31,35,37,54-55H,3-4,6,8-10,12,14-16,18,20-22,24,26-28,30,32-34,36,38-53,58H2,1-2H3,(H,60,61)(H,62,63)/b7-5-,13-11-,19-17-,25-23-,31-29-,37-35-. The maximum absolute atomic E-state index is 12.7. The van der Waals surface area contributed by atoms with Gasteiger partial charge in [-0.3, -0.25) is 18.6 Å². The third-order valence-electron chi connectivity index (χ3n) is 11.8. The highest BCUT2D eigenvalue weighted by molar-refractivity contribution is 7.47. The van der Waals surface area contributed by atoms with E-state index >= 15 is 0 Å². The van der Waals surface area contributed by atoms with Crippen molar-refractivity contribution in [2.45, 2.75) is 251 Å². The predicted molar refractivity (Wildman–Crippen MR) is 286 cm³/mol. The van der Waals surface area contributed by atoms with Crippen molar-refractivity contribution in [1.29, 1.82) is 0 Å². The highest BCUT2D eigenvalue weighted by Gasteiger charge is 2.27. The fourth-order valence-electron chi connectivity index (χ4n) is 7.55. The van der Waals surface area contributed by atoms with E-state index in [2.05, 4.69) is 86.8 Å². The molecule has 11 heteroatoms. The predicted octanol–water partition coefficient (Wildman–Crippen LogP) is 16.5. The van der Waals surface area contributed by atoms with E-state index in [1.165, 1.54) is 128 Å². The van der Waals surface area contributed by atoms with E-state index in [0.29, 0.717) is 13.0 Å². The Morgan fingerprint density at radius 2 is 0.853 bits per heavy atom. The molecule has 394 valence electrons. The summed E-state index contributed by atoms with van der Waals surface area (Å²) >= 11 is 0. The van der Waals surface area contributed by atoms with Crippen LogP contribution in [0.3, 0.4) is 0 Å². The molecule has 0 saturated carbocycles. The minimum atomic E-state index is -4.64. The average Bonchev–Trinajstić information content (AvgIpc) is 3.32. The maximum Gasteiger partial charge on any atom is 0.472 e. The van der Waals surface area contributed by atoms with Crippen molar-refractivity contribution in [3.8, 4) is 0 Å². The van der Waals surface area contributed by atoms with Gasteiger partial charge in [0.1, 0.15) is 12.1 Å². The summed E-state index contributed by atoms with van der Waals surface area (Å²) < 4.78 is 33.6. The Morgan fingerprint density at radius 1 is 0.485 bits per heavy atom. The number of unbranched alkanes of at least 4 members (excludes halogenated alkanes) is 26. The lowest BCUT2D eigenvalue weighted by Gasteiger charge is -2.20.